The van der Waals surface area contributed by atoms with Gasteiger partial charge in [-0.15, -0.1) is 0 Å². The number of rotatable bonds is 2. The van der Waals surface area contributed by atoms with E-state index >= 15 is 0 Å². The molecule has 0 saturated carbocycles. The fraction of sp³-hybridized carbons (Fsp3) is 0. The number of hydrogen-bond donors (Lipinski definition) is 0. The number of hydrogen-bond acceptors (Lipinski definition) is 2. The van der Waals surface area contributed by atoms with Gasteiger partial charge >= 0.3 is 0 Å². The van der Waals surface area contributed by atoms with Gasteiger partial charge in [0.1, 0.15) is 0 Å². The lowest BCUT2D eigenvalue weighted by Gasteiger charge is -2.14. The first-order chi connectivity index (χ1) is 20.3. The summed E-state index contributed by atoms with van der Waals surface area (Å²) in [5, 5.41) is 3.60. The van der Waals surface area contributed by atoms with Crippen LogP contribution in [-0.2, 0) is 0 Å². The highest BCUT2D eigenvalue weighted by atomic mass is 15.0. The van der Waals surface area contributed by atoms with E-state index in [1.54, 1.807) is 0 Å². The van der Waals surface area contributed by atoms with Crippen LogP contribution in [0.2, 0.25) is 0 Å². The fourth-order valence-corrected chi connectivity index (χ4v) is 6.55. The molecule has 1 aliphatic heterocycles. The number of para-hydroxylation sites is 4. The summed E-state index contributed by atoms with van der Waals surface area (Å²) in [6, 6.07) is 49.5. The second-order valence-corrected chi connectivity index (χ2v) is 10.6. The second kappa shape index (κ2) is 8.48. The summed E-state index contributed by atoms with van der Waals surface area (Å²) in [5.41, 5.74) is 12.5. The van der Waals surface area contributed by atoms with Gasteiger partial charge in [0.05, 0.1) is 27.9 Å². The predicted octanol–water partition coefficient (Wildman–Crippen LogP) is 9.71. The van der Waals surface area contributed by atoms with Gasteiger partial charge in [0, 0.05) is 38.4 Å². The van der Waals surface area contributed by atoms with Crippen LogP contribution in [-0.4, -0.2) is 14.5 Å². The van der Waals surface area contributed by atoms with Gasteiger partial charge in [-0.3, -0.25) is 0 Å². The van der Waals surface area contributed by atoms with Crippen LogP contribution in [0.15, 0.2) is 140 Å². The Morgan fingerprint density at radius 1 is 0.439 bits per heavy atom. The zero-order chi connectivity index (χ0) is 26.9. The van der Waals surface area contributed by atoms with Crippen molar-refractivity contribution < 1.29 is 0 Å². The number of aromatic nitrogens is 3. The van der Waals surface area contributed by atoms with Gasteiger partial charge in [-0.05, 0) is 35.4 Å². The highest BCUT2D eigenvalue weighted by Gasteiger charge is 2.24. The Morgan fingerprint density at radius 3 is 2.10 bits per heavy atom. The molecule has 0 saturated heterocycles. The summed E-state index contributed by atoms with van der Waals surface area (Å²) in [5.74, 6) is 0.732. The third-order valence-corrected chi connectivity index (χ3v) is 8.35. The summed E-state index contributed by atoms with van der Waals surface area (Å²) < 4.78 is 2.44. The van der Waals surface area contributed by atoms with Crippen LogP contribution in [0.25, 0.3) is 83.3 Å². The molecule has 6 aromatic carbocycles. The maximum absolute atomic E-state index is 5.16. The highest BCUT2D eigenvalue weighted by molar-refractivity contribution is 6.16. The first-order valence-electron chi connectivity index (χ1n) is 13.9. The van der Waals surface area contributed by atoms with Crippen LogP contribution in [0.5, 0.6) is 0 Å². The Labute approximate surface area is 237 Å². The molecule has 0 amide bonds. The largest absolute Gasteiger partial charge is 0.308 e. The molecule has 0 aliphatic carbocycles. The molecule has 0 spiro atoms. The molecule has 9 rings (SSSR count). The summed E-state index contributed by atoms with van der Waals surface area (Å²) in [7, 11) is 0. The standard InChI is InChI=1S/C38H23N3/c1-2-11-24(12-3-1)36-31-15-4-7-18-33(31)39-38(40-36)25-21-22-26-29-16-10-17-30-27-13-5-8-19-34(27)41(37(29)30)35-20-9-6-14-28(35)32(26)23-25/h1-23H. The molecule has 3 heterocycles. The number of fused-ring (bicyclic) bond motifs is 9. The second-order valence-electron chi connectivity index (χ2n) is 10.6. The molecule has 190 valence electrons. The van der Waals surface area contributed by atoms with Crippen molar-refractivity contribution in [3.05, 3.63) is 140 Å². The van der Waals surface area contributed by atoms with E-state index in [0.29, 0.717) is 0 Å². The van der Waals surface area contributed by atoms with E-state index < -0.39 is 0 Å². The Hall–Kier alpha value is -5.54. The predicted molar refractivity (Wildman–Crippen MR) is 169 cm³/mol. The van der Waals surface area contributed by atoms with Crippen molar-refractivity contribution in [1.29, 1.82) is 0 Å². The quantitative estimate of drug-likeness (QED) is 0.227. The fourth-order valence-electron chi connectivity index (χ4n) is 6.55. The Balaban J connectivity index is 1.34. The summed E-state index contributed by atoms with van der Waals surface area (Å²) >= 11 is 0. The molecule has 0 unspecified atom stereocenters. The van der Waals surface area contributed by atoms with Crippen molar-refractivity contribution >= 4 is 32.7 Å². The van der Waals surface area contributed by atoms with Gasteiger partial charge in [0.15, 0.2) is 5.82 Å². The van der Waals surface area contributed by atoms with Crippen LogP contribution in [0.4, 0.5) is 0 Å². The smallest absolute Gasteiger partial charge is 0.160 e. The zero-order valence-corrected chi connectivity index (χ0v) is 22.1. The summed E-state index contributed by atoms with van der Waals surface area (Å²) in [6.07, 6.45) is 0. The Morgan fingerprint density at radius 2 is 1.17 bits per heavy atom. The topological polar surface area (TPSA) is 30.7 Å². The first kappa shape index (κ1) is 22.3. The average molecular weight is 522 g/mol. The lowest BCUT2D eigenvalue weighted by atomic mass is 9.92. The molecule has 0 bridgehead atoms. The first-order valence-corrected chi connectivity index (χ1v) is 13.9. The maximum atomic E-state index is 5.16. The van der Waals surface area contributed by atoms with Gasteiger partial charge in [-0.2, -0.15) is 0 Å². The van der Waals surface area contributed by atoms with E-state index in [1.165, 1.54) is 49.7 Å². The monoisotopic (exact) mass is 521 g/mol. The van der Waals surface area contributed by atoms with E-state index in [0.717, 1.165) is 33.5 Å². The lowest BCUT2D eigenvalue weighted by Crippen LogP contribution is -1.96. The van der Waals surface area contributed by atoms with Crippen molar-refractivity contribution in [2.75, 3.05) is 0 Å². The molecule has 1 aliphatic rings. The van der Waals surface area contributed by atoms with Crippen molar-refractivity contribution in [3.8, 4) is 50.6 Å². The van der Waals surface area contributed by atoms with E-state index in [9.17, 15) is 0 Å². The molecule has 2 aromatic heterocycles. The molecule has 3 heteroatoms. The minimum absolute atomic E-state index is 0.732. The van der Waals surface area contributed by atoms with Crippen molar-refractivity contribution in [2.24, 2.45) is 0 Å². The molecule has 0 radical (unpaired) electrons. The minimum atomic E-state index is 0.732. The SMILES string of the molecule is c1ccc(-c2nc(-c3ccc4c(c3)-c3ccccc3-n3c5ccccc5c5cccc-4c53)nc3ccccc23)cc1. The van der Waals surface area contributed by atoms with Gasteiger partial charge in [0.25, 0.3) is 0 Å². The van der Waals surface area contributed by atoms with E-state index in [4.69, 9.17) is 9.97 Å². The van der Waals surface area contributed by atoms with E-state index in [1.807, 2.05) is 12.1 Å². The van der Waals surface area contributed by atoms with Gasteiger partial charge in [-0.25, -0.2) is 9.97 Å². The Bertz CT molecular complexity index is 2310. The van der Waals surface area contributed by atoms with Crippen LogP contribution in [0.3, 0.4) is 0 Å². The van der Waals surface area contributed by atoms with Crippen LogP contribution in [0.1, 0.15) is 0 Å². The number of nitrogens with zero attached hydrogens (tertiary/aromatic N) is 3. The molecule has 41 heavy (non-hydrogen) atoms. The van der Waals surface area contributed by atoms with Crippen molar-refractivity contribution in [2.45, 2.75) is 0 Å². The molecule has 0 atom stereocenters. The zero-order valence-electron chi connectivity index (χ0n) is 22.1. The highest BCUT2D eigenvalue weighted by Crippen LogP contribution is 2.47. The summed E-state index contributed by atoms with van der Waals surface area (Å²) in [4.78, 5) is 10.2. The normalized spacial score (nSPS) is 11.9. The van der Waals surface area contributed by atoms with E-state index in [2.05, 4.69) is 132 Å². The van der Waals surface area contributed by atoms with Crippen molar-refractivity contribution in [1.82, 2.24) is 14.5 Å². The number of benzene rings is 6. The van der Waals surface area contributed by atoms with Gasteiger partial charge < -0.3 is 4.57 Å². The third-order valence-electron chi connectivity index (χ3n) is 8.35. The van der Waals surface area contributed by atoms with Crippen LogP contribution >= 0.6 is 0 Å². The maximum Gasteiger partial charge on any atom is 0.160 e. The van der Waals surface area contributed by atoms with Gasteiger partial charge in [-0.1, -0.05) is 115 Å². The molecule has 8 aromatic rings. The lowest BCUT2D eigenvalue weighted by molar-refractivity contribution is 1.19. The average Bonchev–Trinajstić information content (AvgIpc) is 3.32. The van der Waals surface area contributed by atoms with Crippen LogP contribution < -0.4 is 0 Å². The molecular formula is C38H23N3. The molecule has 3 nitrogen and oxygen atoms in total. The Kier molecular flexibility index (Phi) is 4.61. The van der Waals surface area contributed by atoms with Crippen molar-refractivity contribution in [3.63, 3.8) is 0 Å². The molecular weight excluding hydrogens is 498 g/mol. The summed E-state index contributed by atoms with van der Waals surface area (Å²) in [6.45, 7) is 0. The third kappa shape index (κ3) is 3.20. The van der Waals surface area contributed by atoms with E-state index in [-0.39, 0.29) is 0 Å². The minimum Gasteiger partial charge on any atom is -0.308 e. The van der Waals surface area contributed by atoms with Crippen LogP contribution in [0, 0.1) is 0 Å². The molecule has 0 fully saturated rings. The van der Waals surface area contributed by atoms with Gasteiger partial charge in [0.2, 0.25) is 0 Å². The molecule has 0 N–H and O–H groups in total.